The predicted molar refractivity (Wildman–Crippen MR) is 182 cm³/mol. The van der Waals surface area contributed by atoms with E-state index < -0.39 is 16.9 Å². The average Bonchev–Trinajstić information content (AvgIpc) is 3.13. The van der Waals surface area contributed by atoms with E-state index in [2.05, 4.69) is 10.6 Å². The van der Waals surface area contributed by atoms with Crippen LogP contribution in [-0.4, -0.2) is 76.5 Å². The first-order chi connectivity index (χ1) is 23.1. The van der Waals surface area contributed by atoms with Crippen LogP contribution in [0.15, 0.2) is 91.0 Å². The van der Waals surface area contributed by atoms with Crippen molar-refractivity contribution in [2.45, 2.75) is 45.4 Å². The van der Waals surface area contributed by atoms with E-state index in [1.54, 1.807) is 29.2 Å². The van der Waals surface area contributed by atoms with Gasteiger partial charge in [0.05, 0.1) is 18.6 Å². The number of rotatable bonds is 10. The molecular weight excluding hydrogens is 612 g/mol. The zero-order valence-electron chi connectivity index (χ0n) is 27.3. The van der Waals surface area contributed by atoms with Crippen molar-refractivity contribution in [3.05, 3.63) is 118 Å². The molecule has 0 saturated carbocycles. The quantitative estimate of drug-likeness (QED) is 0.188. The molecule has 0 aromatic heterocycles. The molecule has 4 aromatic carbocycles. The molecule has 1 heterocycles. The van der Waals surface area contributed by atoms with Gasteiger partial charge in [-0.05, 0) is 53.4 Å². The number of methoxy groups -OCH3 is 1. The fourth-order valence-corrected chi connectivity index (χ4v) is 5.91. The molecule has 0 radical (unpaired) electrons. The van der Waals surface area contributed by atoms with Gasteiger partial charge in [-0.2, -0.15) is 0 Å². The molecule has 5 rings (SSSR count). The van der Waals surface area contributed by atoms with Crippen molar-refractivity contribution in [1.29, 1.82) is 0 Å². The van der Waals surface area contributed by atoms with Gasteiger partial charge in [0.25, 0.3) is 5.69 Å². The van der Waals surface area contributed by atoms with Gasteiger partial charge in [-0.25, -0.2) is 9.80 Å². The third-order valence-corrected chi connectivity index (χ3v) is 8.33. The van der Waals surface area contributed by atoms with Gasteiger partial charge in [-0.1, -0.05) is 66.7 Å². The molecule has 1 atom stereocenters. The topological polar surface area (TPSA) is 137 Å². The molecule has 1 aliphatic rings. The monoisotopic (exact) mass is 652 g/mol. The van der Waals surface area contributed by atoms with E-state index in [9.17, 15) is 24.5 Å². The number of urea groups is 1. The zero-order chi connectivity index (χ0) is 34.2. The maximum Gasteiger partial charge on any atom is 0.332 e. The number of hydrogen-bond acceptors (Lipinski definition) is 7. The Morgan fingerprint density at radius 2 is 1.67 bits per heavy atom. The van der Waals surface area contributed by atoms with E-state index in [1.165, 1.54) is 17.1 Å². The smallest absolute Gasteiger partial charge is 0.332 e. The first-order valence-electron chi connectivity index (χ1n) is 15.9. The van der Waals surface area contributed by atoms with Crippen LogP contribution in [0.25, 0.3) is 10.8 Å². The fraction of sp³-hybridized carbons (Fsp3) is 0.306. The highest BCUT2D eigenvalue weighted by Crippen LogP contribution is 2.22. The third kappa shape index (κ3) is 8.26. The maximum atomic E-state index is 14.2. The lowest BCUT2D eigenvalue weighted by molar-refractivity contribution is -0.384. The molecule has 0 bridgehead atoms. The van der Waals surface area contributed by atoms with Gasteiger partial charge in [-0.15, -0.1) is 0 Å². The molecule has 0 aliphatic carbocycles. The Hall–Kier alpha value is -5.49. The van der Waals surface area contributed by atoms with Gasteiger partial charge in [0, 0.05) is 50.8 Å². The van der Waals surface area contributed by atoms with Crippen LogP contribution in [0, 0.1) is 10.1 Å². The normalized spacial score (nSPS) is 15.8. The van der Waals surface area contributed by atoms with Crippen molar-refractivity contribution >= 4 is 34.3 Å². The molecule has 12 nitrogen and oxygen atoms in total. The summed E-state index contributed by atoms with van der Waals surface area (Å²) >= 11 is 0. The Kier molecular flexibility index (Phi) is 10.9. The summed E-state index contributed by atoms with van der Waals surface area (Å²) in [6.45, 7) is 4.61. The first-order valence-corrected chi connectivity index (χ1v) is 15.9. The number of ether oxygens (including phenoxy) is 1. The molecule has 4 amide bonds. The van der Waals surface area contributed by atoms with Crippen molar-refractivity contribution in [2.75, 3.05) is 26.7 Å². The minimum Gasteiger partial charge on any atom is -0.497 e. The van der Waals surface area contributed by atoms with Crippen molar-refractivity contribution < 1.29 is 24.0 Å². The highest BCUT2D eigenvalue weighted by atomic mass is 16.6. The summed E-state index contributed by atoms with van der Waals surface area (Å²) in [7, 11) is 1.59. The summed E-state index contributed by atoms with van der Waals surface area (Å²) in [5.74, 6) is 0.0125. The third-order valence-electron chi connectivity index (χ3n) is 8.33. The molecule has 250 valence electrons. The number of fused-ring (bicyclic) bond motifs is 1. The van der Waals surface area contributed by atoms with E-state index >= 15 is 0 Å². The summed E-state index contributed by atoms with van der Waals surface area (Å²) in [5, 5.41) is 22.3. The van der Waals surface area contributed by atoms with Crippen LogP contribution < -0.4 is 15.4 Å². The Bertz CT molecular complexity index is 1760. The lowest BCUT2D eigenvalue weighted by Crippen LogP contribution is -2.57. The van der Waals surface area contributed by atoms with Crippen molar-refractivity contribution in [3.8, 4) is 5.75 Å². The molecule has 2 N–H and O–H groups in total. The molecule has 12 heteroatoms. The number of hydrogen-bond donors (Lipinski definition) is 2. The summed E-state index contributed by atoms with van der Waals surface area (Å²) in [6, 6.07) is 25.7. The second kappa shape index (κ2) is 15.4. The molecule has 4 aromatic rings. The van der Waals surface area contributed by atoms with E-state index in [1.807, 2.05) is 80.6 Å². The number of carbonyl (C=O) groups excluding carboxylic acids is 3. The van der Waals surface area contributed by atoms with Gasteiger partial charge in [0.2, 0.25) is 11.8 Å². The molecule has 1 aliphatic heterocycles. The SMILES string of the molecule is COc1ccc(CNC(=O)N(C(C)C)N2CCN(Cc3cccc4ccccc34)C(=O)[C@H](Cc3ccc([N+](=O)[O-])cc3)NC(=O)C2)cc1. The van der Waals surface area contributed by atoms with E-state index in [4.69, 9.17) is 4.74 Å². The highest BCUT2D eigenvalue weighted by Gasteiger charge is 2.33. The number of hydrazine groups is 1. The number of carbonyl (C=O) groups is 3. The van der Waals surface area contributed by atoms with Gasteiger partial charge in [0.1, 0.15) is 11.8 Å². The zero-order valence-corrected chi connectivity index (χ0v) is 27.3. The summed E-state index contributed by atoms with van der Waals surface area (Å²) < 4.78 is 5.22. The predicted octanol–water partition coefficient (Wildman–Crippen LogP) is 4.66. The Morgan fingerprint density at radius 1 is 0.979 bits per heavy atom. The van der Waals surface area contributed by atoms with Crippen LogP contribution in [0.1, 0.15) is 30.5 Å². The summed E-state index contributed by atoms with van der Waals surface area (Å²) in [4.78, 5) is 53.8. The molecule has 0 spiro atoms. The van der Waals surface area contributed by atoms with Crippen LogP contribution in [0.5, 0.6) is 5.75 Å². The van der Waals surface area contributed by atoms with Gasteiger partial charge in [0.15, 0.2) is 0 Å². The first kappa shape index (κ1) is 33.9. The van der Waals surface area contributed by atoms with Crippen LogP contribution >= 0.6 is 0 Å². The lowest BCUT2D eigenvalue weighted by Gasteiger charge is -2.37. The van der Waals surface area contributed by atoms with Crippen molar-refractivity contribution in [1.82, 2.24) is 25.6 Å². The lowest BCUT2D eigenvalue weighted by atomic mass is 10.0. The number of nitrogens with one attached hydrogen (secondary N) is 2. The molecular formula is C36H40N6O6. The number of nitrogens with zero attached hydrogens (tertiary/aromatic N) is 4. The van der Waals surface area contributed by atoms with E-state index in [-0.39, 0.29) is 62.8 Å². The summed E-state index contributed by atoms with van der Waals surface area (Å²) in [6.07, 6.45) is 0.144. The van der Waals surface area contributed by atoms with Crippen LogP contribution in [-0.2, 0) is 29.1 Å². The number of nitro groups is 1. The number of benzene rings is 4. The van der Waals surface area contributed by atoms with E-state index in [0.717, 1.165) is 21.9 Å². The second-order valence-corrected chi connectivity index (χ2v) is 12.0. The van der Waals surface area contributed by atoms with Gasteiger partial charge >= 0.3 is 6.03 Å². The van der Waals surface area contributed by atoms with Gasteiger partial charge in [-0.3, -0.25) is 24.7 Å². The van der Waals surface area contributed by atoms with Crippen LogP contribution in [0.3, 0.4) is 0 Å². The second-order valence-electron chi connectivity index (χ2n) is 12.0. The highest BCUT2D eigenvalue weighted by molar-refractivity contribution is 5.90. The van der Waals surface area contributed by atoms with Crippen molar-refractivity contribution in [2.24, 2.45) is 0 Å². The standard InChI is InChI=1S/C36H40N6O6/c1-25(2)41(36(45)37-22-27-13-17-31(48-3)18-14-27)40-20-19-39(23-29-9-6-8-28-7-4-5-10-32(28)29)35(44)33(38-34(43)24-40)21-26-11-15-30(16-12-26)42(46)47/h4-18,25,33H,19-24H2,1-3H3,(H,37,45)(H,38,43)/t33-/m0/s1. The Balaban J connectivity index is 1.41. The van der Waals surface area contributed by atoms with E-state index in [0.29, 0.717) is 11.3 Å². The Morgan fingerprint density at radius 3 is 2.35 bits per heavy atom. The average molecular weight is 653 g/mol. The molecule has 48 heavy (non-hydrogen) atoms. The molecule has 1 saturated heterocycles. The largest absolute Gasteiger partial charge is 0.497 e. The molecule has 0 unspecified atom stereocenters. The Labute approximate surface area is 279 Å². The number of non-ortho nitro benzene ring substituents is 1. The number of amides is 4. The van der Waals surface area contributed by atoms with Crippen molar-refractivity contribution in [3.63, 3.8) is 0 Å². The maximum absolute atomic E-state index is 14.2. The molecule has 1 fully saturated rings. The minimum atomic E-state index is -0.926. The number of nitro benzene ring substituents is 1. The fourth-order valence-electron chi connectivity index (χ4n) is 5.91. The van der Waals surface area contributed by atoms with Crippen LogP contribution in [0.4, 0.5) is 10.5 Å². The van der Waals surface area contributed by atoms with Crippen LogP contribution in [0.2, 0.25) is 0 Å². The summed E-state index contributed by atoms with van der Waals surface area (Å²) in [5.41, 5.74) is 2.44. The minimum absolute atomic E-state index is 0.0594. The van der Waals surface area contributed by atoms with Gasteiger partial charge < -0.3 is 20.3 Å².